The van der Waals surface area contributed by atoms with Crippen LogP contribution in [0.5, 0.6) is 0 Å². The summed E-state index contributed by atoms with van der Waals surface area (Å²) in [6.45, 7) is 6.76. The van der Waals surface area contributed by atoms with Crippen LogP contribution in [-0.4, -0.2) is 42.6 Å². The van der Waals surface area contributed by atoms with Gasteiger partial charge in [-0.25, -0.2) is 9.59 Å². The van der Waals surface area contributed by atoms with Gasteiger partial charge < -0.3 is 15.0 Å². The van der Waals surface area contributed by atoms with Crippen LogP contribution in [-0.2, 0) is 9.53 Å². The summed E-state index contributed by atoms with van der Waals surface area (Å²) in [5.74, 6) is -0.302. The molecule has 0 bridgehead atoms. The number of likely N-dealkylation sites (tertiary alicyclic amines) is 1. The van der Waals surface area contributed by atoms with Gasteiger partial charge in [0.05, 0.1) is 7.11 Å². The highest BCUT2D eigenvalue weighted by molar-refractivity contribution is 5.84. The number of ether oxygens (including phenoxy) is 1. The van der Waals surface area contributed by atoms with Crippen LogP contribution in [0.15, 0.2) is 0 Å². The van der Waals surface area contributed by atoms with Crippen molar-refractivity contribution in [2.75, 3.05) is 13.7 Å². The molecule has 2 amide bonds. The van der Waals surface area contributed by atoms with E-state index in [9.17, 15) is 9.59 Å². The maximum Gasteiger partial charge on any atom is 0.328 e. The summed E-state index contributed by atoms with van der Waals surface area (Å²) in [6.07, 6.45) is 4.04. The first-order valence-electron chi connectivity index (χ1n) is 7.16. The lowest BCUT2D eigenvalue weighted by atomic mass is 9.99. The Morgan fingerprint density at radius 1 is 1.42 bits per heavy atom. The summed E-state index contributed by atoms with van der Waals surface area (Å²) in [6, 6.07) is -0.469. The van der Waals surface area contributed by atoms with E-state index in [0.29, 0.717) is 0 Å². The molecule has 1 aliphatic heterocycles. The van der Waals surface area contributed by atoms with E-state index in [1.807, 2.05) is 18.7 Å². The number of carbonyl (C=O) groups is 2. The molecule has 5 nitrogen and oxygen atoms in total. The van der Waals surface area contributed by atoms with E-state index < -0.39 is 6.04 Å². The largest absolute Gasteiger partial charge is 0.467 e. The molecule has 1 fully saturated rings. The first-order valence-corrected chi connectivity index (χ1v) is 7.16. The van der Waals surface area contributed by atoms with Gasteiger partial charge in [0.2, 0.25) is 0 Å². The van der Waals surface area contributed by atoms with Crippen LogP contribution in [0.4, 0.5) is 4.79 Å². The van der Waals surface area contributed by atoms with Crippen molar-refractivity contribution in [1.29, 1.82) is 0 Å². The fourth-order valence-electron chi connectivity index (χ4n) is 2.41. The summed E-state index contributed by atoms with van der Waals surface area (Å²) in [7, 11) is 1.35. The lowest BCUT2D eigenvalue weighted by Gasteiger charge is -2.35. The van der Waals surface area contributed by atoms with Gasteiger partial charge >= 0.3 is 12.0 Å². The zero-order valence-corrected chi connectivity index (χ0v) is 12.4. The van der Waals surface area contributed by atoms with Gasteiger partial charge in [-0.15, -0.1) is 0 Å². The third kappa shape index (κ3) is 4.11. The van der Waals surface area contributed by atoms with Gasteiger partial charge in [0.1, 0.15) is 6.04 Å². The van der Waals surface area contributed by atoms with Gasteiger partial charge in [-0.2, -0.15) is 0 Å². The molecular formula is C14H26N2O3. The number of hydrogen-bond donors (Lipinski definition) is 1. The maximum atomic E-state index is 12.3. The van der Waals surface area contributed by atoms with Crippen LogP contribution in [0, 0.1) is 5.92 Å². The van der Waals surface area contributed by atoms with Crippen molar-refractivity contribution in [2.45, 2.75) is 58.5 Å². The Balaban J connectivity index is 2.67. The molecule has 0 aromatic heterocycles. The second kappa shape index (κ2) is 7.36. The molecule has 3 atom stereocenters. The maximum absolute atomic E-state index is 12.3. The lowest BCUT2D eigenvalue weighted by Crippen LogP contribution is -2.54. The minimum absolute atomic E-state index is 0.0662. The summed E-state index contributed by atoms with van der Waals surface area (Å²) in [5.41, 5.74) is 0. The Morgan fingerprint density at radius 3 is 2.63 bits per heavy atom. The predicted octanol–water partition coefficient (Wildman–Crippen LogP) is 2.16. The van der Waals surface area contributed by atoms with Crippen LogP contribution in [0.3, 0.4) is 0 Å². The Hall–Kier alpha value is -1.26. The number of piperidine rings is 1. The van der Waals surface area contributed by atoms with Crippen LogP contribution >= 0.6 is 0 Å². The van der Waals surface area contributed by atoms with Crippen LogP contribution < -0.4 is 5.32 Å². The van der Waals surface area contributed by atoms with Crippen molar-refractivity contribution in [2.24, 2.45) is 5.92 Å². The van der Waals surface area contributed by atoms with Crippen LogP contribution in [0.2, 0.25) is 0 Å². The third-order valence-corrected chi connectivity index (χ3v) is 4.01. The Kier molecular flexibility index (Phi) is 6.12. The molecule has 0 aliphatic carbocycles. The lowest BCUT2D eigenvalue weighted by molar-refractivity contribution is -0.144. The van der Waals surface area contributed by atoms with Gasteiger partial charge in [0.25, 0.3) is 0 Å². The fraction of sp³-hybridized carbons (Fsp3) is 0.857. The molecular weight excluding hydrogens is 244 g/mol. The summed E-state index contributed by atoms with van der Waals surface area (Å²) < 4.78 is 4.78. The Morgan fingerprint density at radius 2 is 2.11 bits per heavy atom. The first kappa shape index (κ1) is 15.8. The standard InChI is InChI=1S/C14H26N2O3/c1-5-10(2)12(13(17)19-4)15-14(18)16-9-7-6-8-11(16)3/h10-12H,5-9H2,1-4H3,(H,15,18)/t10-,11-,12+/m1/s1. The van der Waals surface area contributed by atoms with Crippen LogP contribution in [0.1, 0.15) is 46.5 Å². The van der Waals surface area contributed by atoms with Crippen molar-refractivity contribution in [3.63, 3.8) is 0 Å². The number of amides is 2. The monoisotopic (exact) mass is 270 g/mol. The van der Waals surface area contributed by atoms with Gasteiger partial charge in [-0.3, -0.25) is 0 Å². The smallest absolute Gasteiger partial charge is 0.328 e. The Labute approximate surface area is 115 Å². The molecule has 5 heteroatoms. The summed E-state index contributed by atoms with van der Waals surface area (Å²) in [5, 5.41) is 2.83. The van der Waals surface area contributed by atoms with Gasteiger partial charge in [0, 0.05) is 12.6 Å². The number of esters is 1. The van der Waals surface area contributed by atoms with E-state index in [2.05, 4.69) is 12.2 Å². The molecule has 1 saturated heterocycles. The number of methoxy groups -OCH3 is 1. The quantitative estimate of drug-likeness (QED) is 0.796. The zero-order valence-electron chi connectivity index (χ0n) is 12.4. The van der Waals surface area contributed by atoms with Crippen molar-refractivity contribution in [3.8, 4) is 0 Å². The second-order valence-electron chi connectivity index (χ2n) is 5.37. The molecule has 19 heavy (non-hydrogen) atoms. The molecule has 0 radical (unpaired) electrons. The number of nitrogens with zero attached hydrogens (tertiary/aromatic N) is 1. The van der Waals surface area contributed by atoms with Gasteiger partial charge in [-0.1, -0.05) is 20.3 Å². The third-order valence-electron chi connectivity index (χ3n) is 4.01. The highest BCUT2D eigenvalue weighted by Crippen LogP contribution is 2.17. The first-order chi connectivity index (χ1) is 9.01. The molecule has 0 aromatic carbocycles. The average Bonchev–Trinajstić information content (AvgIpc) is 2.43. The van der Waals surface area contributed by atoms with Gasteiger partial charge in [0.15, 0.2) is 0 Å². The van der Waals surface area contributed by atoms with Crippen molar-refractivity contribution >= 4 is 12.0 Å². The number of hydrogen-bond acceptors (Lipinski definition) is 3. The molecule has 0 saturated carbocycles. The SMILES string of the molecule is CC[C@@H](C)[C@H](NC(=O)N1CCCC[C@H]1C)C(=O)OC. The highest BCUT2D eigenvalue weighted by atomic mass is 16.5. The molecule has 0 unspecified atom stereocenters. The van der Waals surface area contributed by atoms with Crippen molar-refractivity contribution in [1.82, 2.24) is 10.2 Å². The highest BCUT2D eigenvalue weighted by Gasteiger charge is 2.30. The fourth-order valence-corrected chi connectivity index (χ4v) is 2.41. The molecule has 1 rings (SSSR count). The molecule has 1 N–H and O–H groups in total. The number of urea groups is 1. The Bertz CT molecular complexity index is 320. The van der Waals surface area contributed by atoms with Crippen molar-refractivity contribution < 1.29 is 14.3 Å². The number of carbonyl (C=O) groups excluding carboxylic acids is 2. The predicted molar refractivity (Wildman–Crippen MR) is 73.8 cm³/mol. The molecule has 0 aromatic rings. The van der Waals surface area contributed by atoms with E-state index in [4.69, 9.17) is 4.74 Å². The van der Waals surface area contributed by atoms with Crippen molar-refractivity contribution in [3.05, 3.63) is 0 Å². The summed E-state index contributed by atoms with van der Waals surface area (Å²) in [4.78, 5) is 25.8. The number of rotatable bonds is 4. The second-order valence-corrected chi connectivity index (χ2v) is 5.37. The average molecular weight is 270 g/mol. The van der Waals surface area contributed by atoms with Gasteiger partial charge in [-0.05, 0) is 32.1 Å². The van der Waals surface area contributed by atoms with E-state index in [0.717, 1.165) is 32.2 Å². The van der Waals surface area contributed by atoms with E-state index in [1.165, 1.54) is 7.11 Å². The summed E-state index contributed by atoms with van der Waals surface area (Å²) >= 11 is 0. The molecule has 1 aliphatic rings. The van der Waals surface area contributed by atoms with Crippen LogP contribution in [0.25, 0.3) is 0 Å². The molecule has 110 valence electrons. The van der Waals surface area contributed by atoms with E-state index in [1.54, 1.807) is 0 Å². The zero-order chi connectivity index (χ0) is 14.4. The van der Waals surface area contributed by atoms with E-state index >= 15 is 0 Å². The normalized spacial score (nSPS) is 22.5. The minimum Gasteiger partial charge on any atom is -0.467 e. The topological polar surface area (TPSA) is 58.6 Å². The molecule has 0 spiro atoms. The minimum atomic E-state index is -0.559. The molecule has 1 heterocycles. The number of nitrogens with one attached hydrogen (secondary N) is 1. The van der Waals surface area contributed by atoms with E-state index in [-0.39, 0.29) is 24.0 Å².